The Labute approximate surface area is 73.2 Å². The lowest BCUT2D eigenvalue weighted by atomic mass is 9.65. The quantitative estimate of drug-likeness (QED) is 0.342. The molecular formula is C7H10B2NO2. The van der Waals surface area contributed by atoms with E-state index in [0.717, 1.165) is 12.3 Å². The number of allylic oxidation sites excluding steroid dienone is 1. The molecule has 2 rings (SSSR count). The molecule has 2 fully saturated rings. The van der Waals surface area contributed by atoms with Gasteiger partial charge in [0.1, 0.15) is 0 Å². The number of nitrogens with zero attached hydrogens (tertiary/aromatic N) is 1. The summed E-state index contributed by atoms with van der Waals surface area (Å²) in [4.78, 5) is 4.28. The highest BCUT2D eigenvalue weighted by Crippen LogP contribution is 2.23. The van der Waals surface area contributed by atoms with Gasteiger partial charge in [-0.2, -0.15) is 0 Å². The number of aliphatic imine (C=N–C) groups is 1. The molecule has 2 saturated heterocycles. The SMILES string of the molecule is CC=C(C)CN=C1OB1C1[B]O1. The maximum absolute atomic E-state index is 5.20. The van der Waals surface area contributed by atoms with Gasteiger partial charge in [-0.1, -0.05) is 11.6 Å². The molecule has 12 heavy (non-hydrogen) atoms. The predicted octanol–water partition coefficient (Wildman–Crippen LogP) is 0.427. The molecule has 0 spiro atoms. The molecule has 0 bridgehead atoms. The van der Waals surface area contributed by atoms with Crippen molar-refractivity contribution in [2.24, 2.45) is 4.99 Å². The van der Waals surface area contributed by atoms with E-state index >= 15 is 0 Å². The largest absolute Gasteiger partial charge is 0.545 e. The molecule has 0 saturated carbocycles. The van der Waals surface area contributed by atoms with Gasteiger partial charge in [-0.15, -0.1) is 0 Å². The van der Waals surface area contributed by atoms with Crippen LogP contribution >= 0.6 is 0 Å². The Bertz CT molecular complexity index is 248. The fourth-order valence-electron chi connectivity index (χ4n) is 0.913. The van der Waals surface area contributed by atoms with Crippen molar-refractivity contribution in [1.82, 2.24) is 0 Å². The van der Waals surface area contributed by atoms with Gasteiger partial charge in [0.05, 0.1) is 12.4 Å². The molecule has 0 aliphatic carbocycles. The third kappa shape index (κ3) is 1.72. The molecule has 0 aromatic carbocycles. The second kappa shape index (κ2) is 2.98. The number of hydrogen-bond donors (Lipinski definition) is 0. The zero-order valence-electron chi connectivity index (χ0n) is 7.28. The fourth-order valence-corrected chi connectivity index (χ4v) is 0.913. The van der Waals surface area contributed by atoms with Crippen LogP contribution in [0.2, 0.25) is 0 Å². The molecule has 0 aromatic rings. The minimum Gasteiger partial charge on any atom is -0.545 e. The highest BCUT2D eigenvalue weighted by Gasteiger charge is 2.56. The van der Waals surface area contributed by atoms with Crippen molar-refractivity contribution < 1.29 is 9.31 Å². The number of rotatable bonds is 3. The summed E-state index contributed by atoms with van der Waals surface area (Å²) >= 11 is 0. The topological polar surface area (TPSA) is 37.4 Å². The van der Waals surface area contributed by atoms with Gasteiger partial charge in [0.15, 0.2) is 5.80 Å². The second-order valence-electron chi connectivity index (χ2n) is 3.06. The van der Waals surface area contributed by atoms with Crippen molar-refractivity contribution in [3.05, 3.63) is 11.6 Å². The van der Waals surface area contributed by atoms with Crippen LogP contribution in [0.3, 0.4) is 0 Å². The van der Waals surface area contributed by atoms with Gasteiger partial charge in [0, 0.05) is 0 Å². The molecule has 0 N–H and O–H groups in total. The van der Waals surface area contributed by atoms with Gasteiger partial charge >= 0.3 is 14.4 Å². The van der Waals surface area contributed by atoms with Crippen LogP contribution in [-0.2, 0) is 9.31 Å². The molecular weight excluding hydrogens is 152 g/mol. The summed E-state index contributed by atoms with van der Waals surface area (Å²) in [7, 11) is 1.77. The lowest BCUT2D eigenvalue weighted by Gasteiger charge is -1.88. The van der Waals surface area contributed by atoms with Crippen LogP contribution in [0.15, 0.2) is 16.6 Å². The first-order chi connectivity index (χ1) is 5.81. The Hall–Kier alpha value is -0.700. The summed E-state index contributed by atoms with van der Waals surface area (Å²) < 4.78 is 10.2. The van der Waals surface area contributed by atoms with Gasteiger partial charge in [-0.3, -0.25) is 4.99 Å². The molecule has 2 heterocycles. The van der Waals surface area contributed by atoms with Crippen molar-refractivity contribution >= 4 is 20.2 Å². The molecule has 1 radical (unpaired) electrons. The molecule has 61 valence electrons. The normalized spacial score (nSPS) is 29.8. The minimum absolute atomic E-state index is 0.134. The summed E-state index contributed by atoms with van der Waals surface area (Å²) in [5, 5.41) is 0. The Morgan fingerprint density at radius 1 is 1.83 bits per heavy atom. The van der Waals surface area contributed by atoms with E-state index < -0.39 is 0 Å². The zero-order chi connectivity index (χ0) is 8.55. The first-order valence-electron chi connectivity index (χ1n) is 4.13. The zero-order valence-corrected chi connectivity index (χ0v) is 7.28. The van der Waals surface area contributed by atoms with E-state index in [1.54, 1.807) is 7.48 Å². The fraction of sp³-hybridized carbons (Fsp3) is 0.571. The van der Waals surface area contributed by atoms with Crippen molar-refractivity contribution in [3.63, 3.8) is 0 Å². The van der Waals surface area contributed by atoms with Crippen LogP contribution in [0, 0.1) is 0 Å². The van der Waals surface area contributed by atoms with E-state index in [4.69, 9.17) is 9.31 Å². The Kier molecular flexibility index (Phi) is 1.97. The first kappa shape index (κ1) is 7.92. The number of hydrogen-bond acceptors (Lipinski definition) is 3. The lowest BCUT2D eigenvalue weighted by molar-refractivity contribution is 0.513. The van der Waals surface area contributed by atoms with E-state index in [2.05, 4.69) is 18.0 Å². The molecule has 5 heteroatoms. The van der Waals surface area contributed by atoms with Gasteiger partial charge in [-0.05, 0) is 13.8 Å². The van der Waals surface area contributed by atoms with Crippen molar-refractivity contribution in [3.8, 4) is 0 Å². The summed E-state index contributed by atoms with van der Waals surface area (Å²) in [5.74, 6) is 1.03. The minimum atomic E-state index is 0.134. The van der Waals surface area contributed by atoms with Gasteiger partial charge in [0.2, 0.25) is 0 Å². The van der Waals surface area contributed by atoms with Crippen LogP contribution < -0.4 is 0 Å². The molecule has 3 nitrogen and oxygen atoms in total. The summed E-state index contributed by atoms with van der Waals surface area (Å²) in [5.41, 5.74) is 1.26. The first-order valence-corrected chi connectivity index (χ1v) is 4.13. The van der Waals surface area contributed by atoms with E-state index in [-0.39, 0.29) is 12.8 Å². The predicted molar refractivity (Wildman–Crippen MR) is 49.2 cm³/mol. The van der Waals surface area contributed by atoms with Crippen LogP contribution in [0.5, 0.6) is 0 Å². The van der Waals surface area contributed by atoms with E-state index in [0.29, 0.717) is 0 Å². The maximum Gasteiger partial charge on any atom is 0.473 e. The van der Waals surface area contributed by atoms with Crippen LogP contribution in [0.4, 0.5) is 0 Å². The van der Waals surface area contributed by atoms with E-state index in [1.165, 1.54) is 5.57 Å². The van der Waals surface area contributed by atoms with Crippen molar-refractivity contribution in [2.45, 2.75) is 19.8 Å². The molecule has 2 aliphatic rings. The average molecular weight is 162 g/mol. The lowest BCUT2D eigenvalue weighted by Crippen LogP contribution is -2.05. The van der Waals surface area contributed by atoms with Gasteiger partial charge < -0.3 is 9.31 Å². The molecule has 1 atom stereocenters. The Morgan fingerprint density at radius 2 is 2.58 bits per heavy atom. The summed E-state index contributed by atoms with van der Waals surface area (Å²) in [6.07, 6.45) is 2.06. The third-order valence-electron chi connectivity index (χ3n) is 2.00. The molecule has 0 aromatic heterocycles. The average Bonchev–Trinajstić information content (AvgIpc) is 2.89. The van der Waals surface area contributed by atoms with Crippen molar-refractivity contribution in [2.75, 3.05) is 6.54 Å². The standard InChI is InChI=1S/C7H10B2NO2/c1-3-5(2)4-10-7-9(12-7)6-8-11-6/h3,6H,4H2,1-2H3. The van der Waals surface area contributed by atoms with Gasteiger partial charge in [0.25, 0.3) is 0 Å². The highest BCUT2D eigenvalue weighted by atomic mass is 16.6. The Balaban J connectivity index is 1.79. The van der Waals surface area contributed by atoms with Crippen LogP contribution in [0.25, 0.3) is 0 Å². The van der Waals surface area contributed by atoms with Crippen molar-refractivity contribution in [1.29, 1.82) is 0 Å². The second-order valence-corrected chi connectivity index (χ2v) is 3.06. The van der Waals surface area contributed by atoms with Gasteiger partial charge in [-0.25, -0.2) is 0 Å². The van der Waals surface area contributed by atoms with E-state index in [1.807, 2.05) is 6.92 Å². The smallest absolute Gasteiger partial charge is 0.473 e. The molecule has 1 unspecified atom stereocenters. The van der Waals surface area contributed by atoms with E-state index in [9.17, 15) is 0 Å². The maximum atomic E-state index is 5.20. The summed E-state index contributed by atoms with van der Waals surface area (Å²) in [6, 6.07) is 0. The summed E-state index contributed by atoms with van der Waals surface area (Å²) in [6.45, 7) is 4.95. The monoisotopic (exact) mass is 162 g/mol. The molecule has 2 aliphatic heterocycles. The van der Waals surface area contributed by atoms with Crippen LogP contribution in [-0.4, -0.2) is 32.6 Å². The molecule has 0 amide bonds. The highest BCUT2D eigenvalue weighted by molar-refractivity contribution is 7.04. The Morgan fingerprint density at radius 3 is 3.17 bits per heavy atom. The third-order valence-corrected chi connectivity index (χ3v) is 2.00. The van der Waals surface area contributed by atoms with Crippen LogP contribution in [0.1, 0.15) is 13.8 Å².